The molecular weight excluding hydrogens is 388 g/mol. The first-order valence-electron chi connectivity index (χ1n) is 9.75. The number of benzene rings is 2. The van der Waals surface area contributed by atoms with Crippen LogP contribution in [0.25, 0.3) is 0 Å². The number of hydrogen-bond donors (Lipinski definition) is 1. The van der Waals surface area contributed by atoms with E-state index < -0.39 is 16.1 Å². The zero-order valence-corrected chi connectivity index (χ0v) is 18.3. The van der Waals surface area contributed by atoms with E-state index in [1.807, 2.05) is 43.3 Å². The van der Waals surface area contributed by atoms with Crippen molar-refractivity contribution >= 4 is 21.6 Å². The van der Waals surface area contributed by atoms with Gasteiger partial charge >= 0.3 is 0 Å². The number of nitrogens with one attached hydrogen (secondary N) is 1. The monoisotopic (exact) mass is 418 g/mol. The molecule has 0 heterocycles. The molecule has 0 aromatic heterocycles. The number of methoxy groups -OCH3 is 1. The van der Waals surface area contributed by atoms with Crippen LogP contribution in [0.4, 0.5) is 5.69 Å². The summed E-state index contributed by atoms with van der Waals surface area (Å²) in [6.45, 7) is 4.11. The summed E-state index contributed by atoms with van der Waals surface area (Å²) in [7, 11) is -1.97. The molecule has 0 aliphatic carbocycles. The second-order valence-corrected chi connectivity index (χ2v) is 8.86. The number of ether oxygens (including phenoxy) is 1. The third-order valence-corrected chi connectivity index (χ3v) is 6.03. The van der Waals surface area contributed by atoms with Gasteiger partial charge in [-0.2, -0.15) is 0 Å². The largest absolute Gasteiger partial charge is 0.497 e. The van der Waals surface area contributed by atoms with E-state index in [2.05, 4.69) is 5.32 Å². The van der Waals surface area contributed by atoms with E-state index in [-0.39, 0.29) is 5.91 Å². The fraction of sp³-hybridized carbons (Fsp3) is 0.409. The lowest BCUT2D eigenvalue weighted by Crippen LogP contribution is -2.48. The number of anilines is 1. The van der Waals surface area contributed by atoms with E-state index in [1.165, 1.54) is 4.31 Å². The van der Waals surface area contributed by atoms with Gasteiger partial charge in [-0.1, -0.05) is 31.2 Å². The molecule has 158 valence electrons. The van der Waals surface area contributed by atoms with Gasteiger partial charge in [-0.15, -0.1) is 0 Å². The van der Waals surface area contributed by atoms with Crippen LogP contribution in [0.15, 0.2) is 48.5 Å². The Hall–Kier alpha value is -2.54. The maximum absolute atomic E-state index is 12.6. The van der Waals surface area contributed by atoms with Crippen LogP contribution in [-0.2, 0) is 27.7 Å². The van der Waals surface area contributed by atoms with Crippen LogP contribution in [0.5, 0.6) is 5.75 Å². The van der Waals surface area contributed by atoms with Crippen molar-refractivity contribution in [1.82, 2.24) is 5.32 Å². The van der Waals surface area contributed by atoms with E-state index in [4.69, 9.17) is 4.74 Å². The van der Waals surface area contributed by atoms with Gasteiger partial charge in [0.05, 0.1) is 19.1 Å². The molecule has 7 heteroatoms. The molecule has 2 rings (SSSR count). The lowest BCUT2D eigenvalue weighted by atomic mass is 10.1. The van der Waals surface area contributed by atoms with Gasteiger partial charge in [-0.25, -0.2) is 8.42 Å². The van der Waals surface area contributed by atoms with Crippen molar-refractivity contribution in [3.05, 3.63) is 59.7 Å². The SMILES string of the molecule is CCc1ccc(N([C@@H](C)C(=O)NCCCc2ccc(OC)cc2)S(C)(=O)=O)cc1. The predicted molar refractivity (Wildman–Crippen MR) is 117 cm³/mol. The Morgan fingerprint density at radius 1 is 1.07 bits per heavy atom. The Bertz CT molecular complexity index is 893. The van der Waals surface area contributed by atoms with Crippen LogP contribution in [0.2, 0.25) is 0 Å². The predicted octanol–water partition coefficient (Wildman–Crippen LogP) is 3.16. The van der Waals surface area contributed by atoms with Gasteiger partial charge < -0.3 is 10.1 Å². The molecule has 0 unspecified atom stereocenters. The van der Waals surface area contributed by atoms with E-state index >= 15 is 0 Å². The zero-order chi connectivity index (χ0) is 21.4. The summed E-state index contributed by atoms with van der Waals surface area (Å²) < 4.78 is 31.0. The summed E-state index contributed by atoms with van der Waals surface area (Å²) in [6, 6.07) is 14.2. The minimum atomic E-state index is -3.60. The number of sulfonamides is 1. The molecule has 6 nitrogen and oxygen atoms in total. The summed E-state index contributed by atoms with van der Waals surface area (Å²) in [4.78, 5) is 12.6. The minimum absolute atomic E-state index is 0.315. The van der Waals surface area contributed by atoms with E-state index in [1.54, 1.807) is 26.2 Å². The lowest BCUT2D eigenvalue weighted by Gasteiger charge is -2.28. The number of carbonyl (C=O) groups is 1. The Morgan fingerprint density at radius 2 is 1.66 bits per heavy atom. The molecule has 0 bridgehead atoms. The van der Waals surface area contributed by atoms with Crippen molar-refractivity contribution in [3.8, 4) is 5.75 Å². The number of aryl methyl sites for hydroxylation is 2. The molecule has 1 atom stereocenters. The first-order chi connectivity index (χ1) is 13.8. The van der Waals surface area contributed by atoms with Crippen molar-refractivity contribution in [2.45, 2.75) is 39.2 Å². The highest BCUT2D eigenvalue weighted by molar-refractivity contribution is 7.92. The van der Waals surface area contributed by atoms with Crippen molar-refractivity contribution in [2.24, 2.45) is 0 Å². The molecular formula is C22H30N2O4S. The summed E-state index contributed by atoms with van der Waals surface area (Å²) in [6.07, 6.45) is 3.55. The summed E-state index contributed by atoms with van der Waals surface area (Å²) in [5, 5.41) is 2.85. The van der Waals surface area contributed by atoms with Gasteiger partial charge in [0.2, 0.25) is 15.9 Å². The fourth-order valence-electron chi connectivity index (χ4n) is 3.13. The molecule has 1 N–H and O–H groups in total. The van der Waals surface area contributed by atoms with Crippen molar-refractivity contribution in [1.29, 1.82) is 0 Å². The quantitative estimate of drug-likeness (QED) is 0.602. The fourth-order valence-corrected chi connectivity index (χ4v) is 4.31. The molecule has 0 fully saturated rings. The molecule has 2 aromatic rings. The van der Waals surface area contributed by atoms with Gasteiger partial charge in [0.15, 0.2) is 0 Å². The van der Waals surface area contributed by atoms with Gasteiger partial charge in [0.1, 0.15) is 11.8 Å². The molecule has 1 amide bonds. The normalized spacial score (nSPS) is 12.3. The second-order valence-electron chi connectivity index (χ2n) is 7.00. The van der Waals surface area contributed by atoms with Gasteiger partial charge in [-0.05, 0) is 61.6 Å². The van der Waals surface area contributed by atoms with Crippen molar-refractivity contribution in [2.75, 3.05) is 24.2 Å². The standard InChI is InChI=1S/C22H30N2O4S/c1-5-18-8-12-20(13-9-18)24(29(4,26)27)17(2)22(25)23-16-6-7-19-10-14-21(28-3)15-11-19/h8-15,17H,5-7,16H2,1-4H3,(H,23,25)/t17-/m0/s1. The zero-order valence-electron chi connectivity index (χ0n) is 17.5. The molecule has 2 aromatic carbocycles. The molecule has 0 radical (unpaired) electrons. The van der Waals surface area contributed by atoms with Crippen molar-refractivity contribution < 1.29 is 17.9 Å². The first-order valence-corrected chi connectivity index (χ1v) is 11.6. The van der Waals surface area contributed by atoms with Crippen LogP contribution < -0.4 is 14.4 Å². The highest BCUT2D eigenvalue weighted by Gasteiger charge is 2.28. The van der Waals surface area contributed by atoms with E-state index in [9.17, 15) is 13.2 Å². The van der Waals surface area contributed by atoms with Crippen LogP contribution in [0.3, 0.4) is 0 Å². The Kier molecular flexibility index (Phi) is 8.08. The maximum Gasteiger partial charge on any atom is 0.243 e. The highest BCUT2D eigenvalue weighted by Crippen LogP contribution is 2.21. The lowest BCUT2D eigenvalue weighted by molar-refractivity contribution is -0.121. The van der Waals surface area contributed by atoms with E-state index in [0.29, 0.717) is 12.2 Å². The van der Waals surface area contributed by atoms with E-state index in [0.717, 1.165) is 42.4 Å². The van der Waals surface area contributed by atoms with Crippen LogP contribution >= 0.6 is 0 Å². The Morgan fingerprint density at radius 3 is 2.17 bits per heavy atom. The molecule has 0 spiro atoms. The second kappa shape index (κ2) is 10.3. The number of rotatable bonds is 10. The Labute approximate surface area is 173 Å². The molecule has 0 aliphatic heterocycles. The summed E-state index contributed by atoms with van der Waals surface area (Å²) >= 11 is 0. The minimum Gasteiger partial charge on any atom is -0.497 e. The molecule has 0 saturated heterocycles. The summed E-state index contributed by atoms with van der Waals surface area (Å²) in [5.41, 5.74) is 2.75. The highest BCUT2D eigenvalue weighted by atomic mass is 32.2. The molecule has 0 saturated carbocycles. The number of hydrogen-bond acceptors (Lipinski definition) is 4. The van der Waals surface area contributed by atoms with Crippen LogP contribution in [0.1, 0.15) is 31.4 Å². The topological polar surface area (TPSA) is 75.7 Å². The smallest absolute Gasteiger partial charge is 0.243 e. The number of amides is 1. The third kappa shape index (κ3) is 6.49. The van der Waals surface area contributed by atoms with Crippen molar-refractivity contribution in [3.63, 3.8) is 0 Å². The van der Waals surface area contributed by atoms with Crippen LogP contribution in [0, 0.1) is 0 Å². The Balaban J connectivity index is 1.95. The number of nitrogens with zero attached hydrogens (tertiary/aromatic N) is 1. The van der Waals surface area contributed by atoms with Gasteiger partial charge in [-0.3, -0.25) is 9.10 Å². The third-order valence-electron chi connectivity index (χ3n) is 4.79. The van der Waals surface area contributed by atoms with Gasteiger partial charge in [0, 0.05) is 6.54 Å². The summed E-state index contributed by atoms with van der Waals surface area (Å²) in [5.74, 6) is 0.494. The first kappa shape index (κ1) is 22.7. The average molecular weight is 419 g/mol. The van der Waals surface area contributed by atoms with Gasteiger partial charge in [0.25, 0.3) is 0 Å². The van der Waals surface area contributed by atoms with Crippen LogP contribution in [-0.4, -0.2) is 40.3 Å². The maximum atomic E-state index is 12.6. The number of carbonyl (C=O) groups excluding carboxylic acids is 1. The average Bonchev–Trinajstić information content (AvgIpc) is 2.71. The molecule has 29 heavy (non-hydrogen) atoms. The molecule has 0 aliphatic rings.